The molecule has 26 heavy (non-hydrogen) atoms. The van der Waals surface area contributed by atoms with Crippen molar-refractivity contribution in [3.05, 3.63) is 22.4 Å². The van der Waals surface area contributed by atoms with Crippen molar-refractivity contribution in [3.63, 3.8) is 0 Å². The number of hydrogen-bond acceptors (Lipinski definition) is 4. The third kappa shape index (κ3) is 3.67. The van der Waals surface area contributed by atoms with Crippen LogP contribution >= 0.6 is 11.3 Å². The van der Waals surface area contributed by atoms with Crippen LogP contribution in [-0.4, -0.2) is 61.0 Å². The SMILES string of the molecule is CC(=O)N1C[C@@H](COCC2CC2)C2(CCN(C(=O)c3cccs3)CC2)C1. The summed E-state index contributed by atoms with van der Waals surface area (Å²) in [6, 6.07) is 3.83. The number of carbonyl (C=O) groups is 2. The first-order valence-corrected chi connectivity index (χ1v) is 10.6. The van der Waals surface area contributed by atoms with Crippen LogP contribution in [0.2, 0.25) is 0 Å². The van der Waals surface area contributed by atoms with Crippen molar-refractivity contribution >= 4 is 23.2 Å². The zero-order chi connectivity index (χ0) is 18.1. The molecule has 1 atom stereocenters. The fraction of sp³-hybridized carbons (Fsp3) is 0.700. The smallest absolute Gasteiger partial charge is 0.263 e. The standard InChI is InChI=1S/C20H28N2O3S/c1-15(23)22-11-17(13-25-12-16-4-5-16)20(14-22)6-8-21(9-7-20)19(24)18-3-2-10-26-18/h2-3,10,16-17H,4-9,11-14H2,1H3/t17-/m0/s1. The molecule has 0 radical (unpaired) electrons. The predicted molar refractivity (Wildman–Crippen MR) is 101 cm³/mol. The van der Waals surface area contributed by atoms with Crippen LogP contribution in [-0.2, 0) is 9.53 Å². The highest BCUT2D eigenvalue weighted by molar-refractivity contribution is 7.12. The van der Waals surface area contributed by atoms with Gasteiger partial charge in [0.15, 0.2) is 0 Å². The monoisotopic (exact) mass is 376 g/mol. The minimum atomic E-state index is 0.113. The van der Waals surface area contributed by atoms with Gasteiger partial charge in [-0.1, -0.05) is 6.07 Å². The van der Waals surface area contributed by atoms with Gasteiger partial charge in [-0.15, -0.1) is 11.3 Å². The Balaban J connectivity index is 1.39. The quantitative estimate of drug-likeness (QED) is 0.794. The lowest BCUT2D eigenvalue weighted by Gasteiger charge is -2.42. The summed E-state index contributed by atoms with van der Waals surface area (Å²) >= 11 is 1.51. The summed E-state index contributed by atoms with van der Waals surface area (Å²) in [5, 5.41) is 1.95. The molecule has 142 valence electrons. The van der Waals surface area contributed by atoms with Crippen molar-refractivity contribution in [2.45, 2.75) is 32.6 Å². The Hall–Kier alpha value is -1.40. The van der Waals surface area contributed by atoms with Crippen LogP contribution in [0.15, 0.2) is 17.5 Å². The maximum atomic E-state index is 12.6. The van der Waals surface area contributed by atoms with Crippen LogP contribution in [0.25, 0.3) is 0 Å². The normalized spacial score (nSPS) is 25.0. The van der Waals surface area contributed by atoms with E-state index in [1.807, 2.05) is 27.3 Å². The molecule has 2 amide bonds. The third-order valence-electron chi connectivity index (χ3n) is 6.41. The molecule has 1 aromatic heterocycles. The summed E-state index contributed by atoms with van der Waals surface area (Å²) in [5.74, 6) is 1.47. The summed E-state index contributed by atoms with van der Waals surface area (Å²) in [5.41, 5.74) is 0.113. The molecule has 2 aliphatic heterocycles. The summed E-state index contributed by atoms with van der Waals surface area (Å²) < 4.78 is 6.01. The predicted octanol–water partition coefficient (Wildman–Crippen LogP) is 2.88. The maximum Gasteiger partial charge on any atom is 0.263 e. The molecule has 3 fully saturated rings. The molecule has 2 saturated heterocycles. The molecule has 1 aliphatic carbocycles. The Kier molecular flexibility index (Phi) is 5.06. The molecule has 6 heteroatoms. The molecule has 1 saturated carbocycles. The van der Waals surface area contributed by atoms with Crippen LogP contribution in [0.5, 0.6) is 0 Å². The van der Waals surface area contributed by atoms with E-state index in [1.54, 1.807) is 6.92 Å². The zero-order valence-electron chi connectivity index (χ0n) is 15.5. The lowest BCUT2D eigenvalue weighted by atomic mass is 9.71. The first-order valence-electron chi connectivity index (χ1n) is 9.73. The lowest BCUT2D eigenvalue weighted by molar-refractivity contribution is -0.128. The number of rotatable bonds is 5. The second-order valence-electron chi connectivity index (χ2n) is 8.21. The van der Waals surface area contributed by atoms with Gasteiger partial charge in [0.05, 0.1) is 11.5 Å². The first kappa shape index (κ1) is 18.0. The Morgan fingerprint density at radius 1 is 1.23 bits per heavy atom. The topological polar surface area (TPSA) is 49.9 Å². The Labute approximate surface area is 159 Å². The van der Waals surface area contributed by atoms with Crippen molar-refractivity contribution in [2.24, 2.45) is 17.3 Å². The van der Waals surface area contributed by atoms with E-state index in [1.165, 1.54) is 24.2 Å². The van der Waals surface area contributed by atoms with Gasteiger partial charge in [0, 0.05) is 45.6 Å². The number of ether oxygens (including phenoxy) is 1. The highest BCUT2D eigenvalue weighted by Crippen LogP contribution is 2.45. The van der Waals surface area contributed by atoms with Gasteiger partial charge in [0.25, 0.3) is 5.91 Å². The number of nitrogens with zero attached hydrogens (tertiary/aromatic N) is 2. The fourth-order valence-electron chi connectivity index (χ4n) is 4.44. The van der Waals surface area contributed by atoms with E-state index < -0.39 is 0 Å². The molecule has 3 aliphatic rings. The van der Waals surface area contributed by atoms with E-state index >= 15 is 0 Å². The summed E-state index contributed by atoms with van der Waals surface area (Å²) in [4.78, 5) is 29.4. The highest BCUT2D eigenvalue weighted by atomic mass is 32.1. The molecule has 0 unspecified atom stereocenters. The maximum absolute atomic E-state index is 12.6. The number of piperidine rings is 1. The van der Waals surface area contributed by atoms with Crippen molar-refractivity contribution in [2.75, 3.05) is 39.4 Å². The lowest BCUT2D eigenvalue weighted by Crippen LogP contribution is -2.47. The first-order chi connectivity index (χ1) is 12.6. The van der Waals surface area contributed by atoms with Crippen LogP contribution in [0.1, 0.15) is 42.3 Å². The highest BCUT2D eigenvalue weighted by Gasteiger charge is 2.49. The van der Waals surface area contributed by atoms with Crippen LogP contribution in [0, 0.1) is 17.3 Å². The van der Waals surface area contributed by atoms with E-state index in [2.05, 4.69) is 0 Å². The van der Waals surface area contributed by atoms with Gasteiger partial charge < -0.3 is 14.5 Å². The van der Waals surface area contributed by atoms with Gasteiger partial charge in [-0.3, -0.25) is 9.59 Å². The van der Waals surface area contributed by atoms with E-state index in [-0.39, 0.29) is 17.2 Å². The number of likely N-dealkylation sites (tertiary alicyclic amines) is 2. The minimum Gasteiger partial charge on any atom is -0.381 e. The molecule has 0 bridgehead atoms. The minimum absolute atomic E-state index is 0.113. The Morgan fingerprint density at radius 3 is 2.62 bits per heavy atom. The van der Waals surface area contributed by atoms with Gasteiger partial charge in [-0.2, -0.15) is 0 Å². The van der Waals surface area contributed by atoms with Crippen molar-refractivity contribution in [3.8, 4) is 0 Å². The average Bonchev–Trinajstić information content (AvgIpc) is 3.16. The van der Waals surface area contributed by atoms with Crippen molar-refractivity contribution in [1.82, 2.24) is 9.80 Å². The molecule has 4 rings (SSSR count). The molecule has 1 aromatic rings. The second kappa shape index (κ2) is 7.31. The second-order valence-corrected chi connectivity index (χ2v) is 9.16. The average molecular weight is 377 g/mol. The van der Waals surface area contributed by atoms with Crippen LogP contribution in [0.3, 0.4) is 0 Å². The molecule has 3 heterocycles. The largest absolute Gasteiger partial charge is 0.381 e. The van der Waals surface area contributed by atoms with E-state index in [9.17, 15) is 9.59 Å². The zero-order valence-corrected chi connectivity index (χ0v) is 16.3. The number of thiophene rings is 1. The van der Waals surface area contributed by atoms with Crippen LogP contribution in [0.4, 0.5) is 0 Å². The van der Waals surface area contributed by atoms with Gasteiger partial charge >= 0.3 is 0 Å². The van der Waals surface area contributed by atoms with Crippen molar-refractivity contribution in [1.29, 1.82) is 0 Å². The Bertz CT molecular complexity index is 648. The fourth-order valence-corrected chi connectivity index (χ4v) is 5.13. The molecular formula is C20H28N2O3S. The third-order valence-corrected chi connectivity index (χ3v) is 7.26. The van der Waals surface area contributed by atoms with E-state index in [4.69, 9.17) is 4.74 Å². The summed E-state index contributed by atoms with van der Waals surface area (Å²) in [6.07, 6.45) is 4.53. The number of carbonyl (C=O) groups excluding carboxylic acids is 2. The molecular weight excluding hydrogens is 348 g/mol. The molecule has 0 N–H and O–H groups in total. The Morgan fingerprint density at radius 2 is 2.00 bits per heavy atom. The number of hydrogen-bond donors (Lipinski definition) is 0. The summed E-state index contributed by atoms with van der Waals surface area (Å²) in [7, 11) is 0. The summed E-state index contributed by atoms with van der Waals surface area (Å²) in [6.45, 7) is 6.47. The van der Waals surface area contributed by atoms with Gasteiger partial charge in [0.1, 0.15) is 0 Å². The van der Waals surface area contributed by atoms with Gasteiger partial charge in [-0.05, 0) is 48.5 Å². The molecule has 0 aromatic carbocycles. The van der Waals surface area contributed by atoms with Gasteiger partial charge in [0.2, 0.25) is 5.91 Å². The van der Waals surface area contributed by atoms with Crippen LogP contribution < -0.4 is 0 Å². The van der Waals surface area contributed by atoms with Gasteiger partial charge in [-0.25, -0.2) is 0 Å². The van der Waals surface area contributed by atoms with Crippen molar-refractivity contribution < 1.29 is 14.3 Å². The number of amides is 2. The molecule has 1 spiro atoms. The molecule has 5 nitrogen and oxygen atoms in total. The van der Waals surface area contributed by atoms with E-state index in [0.29, 0.717) is 5.92 Å². The van der Waals surface area contributed by atoms with E-state index in [0.717, 1.165) is 63.0 Å².